The Morgan fingerprint density at radius 3 is 2.84 bits per heavy atom. The molecule has 1 aliphatic heterocycles. The Morgan fingerprint density at radius 1 is 1.42 bits per heavy atom. The van der Waals surface area contributed by atoms with Gasteiger partial charge in [0.25, 0.3) is 0 Å². The highest BCUT2D eigenvalue weighted by Crippen LogP contribution is 2.21. The maximum Gasteiger partial charge on any atom is 0.224 e. The van der Waals surface area contributed by atoms with E-state index >= 15 is 0 Å². The summed E-state index contributed by atoms with van der Waals surface area (Å²) >= 11 is 0. The number of carbonyl (C=O) groups excluding carboxylic acids is 2. The van der Waals surface area contributed by atoms with Gasteiger partial charge in [-0.2, -0.15) is 5.10 Å². The van der Waals surface area contributed by atoms with Gasteiger partial charge in [-0.25, -0.2) is 0 Å². The standard InChI is InChI=1S/C13H19N3O3/c1-10(17)2-3-13(18)15-11-8-14-16(9-11)12-4-6-19-7-5-12/h8-9,12H,2-7H2,1H3,(H,15,18). The minimum Gasteiger partial charge on any atom is -0.381 e. The van der Waals surface area contributed by atoms with Gasteiger partial charge < -0.3 is 14.8 Å². The fourth-order valence-corrected chi connectivity index (χ4v) is 2.07. The molecule has 19 heavy (non-hydrogen) atoms. The molecule has 0 bridgehead atoms. The normalized spacial score (nSPS) is 16.3. The molecule has 1 amide bonds. The van der Waals surface area contributed by atoms with Gasteiger partial charge in [0.05, 0.1) is 17.9 Å². The molecule has 6 heteroatoms. The first-order valence-electron chi connectivity index (χ1n) is 6.56. The summed E-state index contributed by atoms with van der Waals surface area (Å²) in [5.41, 5.74) is 0.681. The van der Waals surface area contributed by atoms with Gasteiger partial charge in [-0.15, -0.1) is 0 Å². The zero-order valence-electron chi connectivity index (χ0n) is 11.1. The molecule has 2 rings (SSSR count). The number of ether oxygens (including phenoxy) is 1. The number of nitrogens with one attached hydrogen (secondary N) is 1. The second kappa shape index (κ2) is 6.47. The van der Waals surface area contributed by atoms with E-state index in [9.17, 15) is 9.59 Å². The zero-order valence-corrected chi connectivity index (χ0v) is 11.1. The molecule has 6 nitrogen and oxygen atoms in total. The molecule has 0 aromatic carbocycles. The third kappa shape index (κ3) is 4.17. The third-order valence-corrected chi connectivity index (χ3v) is 3.15. The van der Waals surface area contributed by atoms with Crippen molar-refractivity contribution < 1.29 is 14.3 Å². The maximum absolute atomic E-state index is 11.6. The first-order valence-corrected chi connectivity index (χ1v) is 6.56. The maximum atomic E-state index is 11.6. The number of anilines is 1. The van der Waals surface area contributed by atoms with E-state index in [2.05, 4.69) is 10.4 Å². The molecule has 1 N–H and O–H groups in total. The Bertz CT molecular complexity index is 450. The zero-order chi connectivity index (χ0) is 13.7. The van der Waals surface area contributed by atoms with Crippen LogP contribution in [0, 0.1) is 0 Å². The summed E-state index contributed by atoms with van der Waals surface area (Å²) in [5.74, 6) is -0.130. The van der Waals surface area contributed by atoms with E-state index in [-0.39, 0.29) is 24.5 Å². The van der Waals surface area contributed by atoms with Crippen molar-refractivity contribution in [1.29, 1.82) is 0 Å². The highest BCUT2D eigenvalue weighted by Gasteiger charge is 2.16. The van der Waals surface area contributed by atoms with Crippen LogP contribution >= 0.6 is 0 Å². The molecule has 0 aliphatic carbocycles. The van der Waals surface area contributed by atoms with Crippen LogP contribution in [0.3, 0.4) is 0 Å². The lowest BCUT2D eigenvalue weighted by Crippen LogP contribution is -2.19. The SMILES string of the molecule is CC(=O)CCC(=O)Nc1cnn(C2CCOCC2)c1. The van der Waals surface area contributed by atoms with Gasteiger partial charge >= 0.3 is 0 Å². The van der Waals surface area contributed by atoms with Crippen LogP contribution in [-0.4, -0.2) is 34.7 Å². The second-order valence-electron chi connectivity index (χ2n) is 4.80. The van der Waals surface area contributed by atoms with Crippen molar-refractivity contribution in [2.24, 2.45) is 0 Å². The third-order valence-electron chi connectivity index (χ3n) is 3.15. The second-order valence-corrected chi connectivity index (χ2v) is 4.80. The highest BCUT2D eigenvalue weighted by molar-refractivity contribution is 5.92. The first-order chi connectivity index (χ1) is 9.15. The number of hydrogen-bond donors (Lipinski definition) is 1. The molecule has 0 spiro atoms. The lowest BCUT2D eigenvalue weighted by molar-refractivity contribution is -0.121. The summed E-state index contributed by atoms with van der Waals surface area (Å²) in [6, 6.07) is 0.344. The molecule has 0 saturated carbocycles. The van der Waals surface area contributed by atoms with Crippen LogP contribution in [0.1, 0.15) is 38.6 Å². The highest BCUT2D eigenvalue weighted by atomic mass is 16.5. The number of ketones is 1. The molecule has 0 radical (unpaired) electrons. The predicted octanol–water partition coefficient (Wildman–Crippen LogP) is 1.54. The summed E-state index contributed by atoms with van der Waals surface area (Å²) in [6.07, 6.45) is 5.86. The van der Waals surface area contributed by atoms with E-state index in [1.807, 2.05) is 10.9 Å². The Kier molecular flexibility index (Phi) is 4.68. The van der Waals surface area contributed by atoms with Crippen molar-refractivity contribution in [3.05, 3.63) is 12.4 Å². The number of carbonyl (C=O) groups is 2. The molecule has 0 atom stereocenters. The van der Waals surface area contributed by atoms with E-state index in [1.54, 1.807) is 6.20 Å². The van der Waals surface area contributed by atoms with Gasteiger partial charge in [-0.1, -0.05) is 0 Å². The molecule has 2 heterocycles. The summed E-state index contributed by atoms with van der Waals surface area (Å²) in [4.78, 5) is 22.4. The van der Waals surface area contributed by atoms with E-state index in [1.165, 1.54) is 6.92 Å². The molecule has 1 fully saturated rings. The fraction of sp³-hybridized carbons (Fsp3) is 0.615. The van der Waals surface area contributed by atoms with E-state index < -0.39 is 0 Å². The number of rotatable bonds is 5. The van der Waals surface area contributed by atoms with Gasteiger partial charge in [0.1, 0.15) is 5.78 Å². The summed E-state index contributed by atoms with van der Waals surface area (Å²) in [6.45, 7) is 2.99. The summed E-state index contributed by atoms with van der Waals surface area (Å²) in [5, 5.41) is 7.02. The molecule has 1 aliphatic rings. The molecule has 1 aromatic rings. The van der Waals surface area contributed by atoms with Crippen molar-refractivity contribution in [2.75, 3.05) is 18.5 Å². The molecule has 0 unspecified atom stereocenters. The monoisotopic (exact) mass is 265 g/mol. The van der Waals surface area contributed by atoms with E-state index in [0.29, 0.717) is 11.7 Å². The van der Waals surface area contributed by atoms with Crippen LogP contribution in [0.4, 0.5) is 5.69 Å². The van der Waals surface area contributed by atoms with Gasteiger partial charge in [-0.3, -0.25) is 9.48 Å². The Balaban J connectivity index is 1.86. The van der Waals surface area contributed by atoms with Crippen molar-refractivity contribution in [1.82, 2.24) is 9.78 Å². The lowest BCUT2D eigenvalue weighted by Gasteiger charge is -2.22. The molecule has 1 saturated heterocycles. The molecule has 1 aromatic heterocycles. The summed E-state index contributed by atoms with van der Waals surface area (Å²) in [7, 11) is 0. The van der Waals surface area contributed by atoms with Gasteiger partial charge in [0.15, 0.2) is 0 Å². The van der Waals surface area contributed by atoms with Crippen LogP contribution < -0.4 is 5.32 Å². The van der Waals surface area contributed by atoms with Crippen LogP contribution in [0.2, 0.25) is 0 Å². The van der Waals surface area contributed by atoms with Crippen molar-refractivity contribution in [3.63, 3.8) is 0 Å². The topological polar surface area (TPSA) is 73.2 Å². The van der Waals surface area contributed by atoms with Gasteiger partial charge in [0.2, 0.25) is 5.91 Å². The summed E-state index contributed by atoms with van der Waals surface area (Å²) < 4.78 is 7.18. The minimum absolute atomic E-state index is 0.0213. The van der Waals surface area contributed by atoms with Crippen LogP contribution in [-0.2, 0) is 14.3 Å². The van der Waals surface area contributed by atoms with Gasteiger partial charge in [-0.05, 0) is 19.8 Å². The average molecular weight is 265 g/mol. The average Bonchev–Trinajstić information content (AvgIpc) is 2.86. The number of hydrogen-bond acceptors (Lipinski definition) is 4. The van der Waals surface area contributed by atoms with E-state index in [4.69, 9.17) is 4.74 Å². The predicted molar refractivity (Wildman–Crippen MR) is 69.9 cm³/mol. The van der Waals surface area contributed by atoms with Crippen molar-refractivity contribution in [3.8, 4) is 0 Å². The Hall–Kier alpha value is -1.69. The molecular formula is C13H19N3O3. The molecule has 104 valence electrons. The number of amides is 1. The van der Waals surface area contributed by atoms with Crippen molar-refractivity contribution in [2.45, 2.75) is 38.6 Å². The fourth-order valence-electron chi connectivity index (χ4n) is 2.07. The van der Waals surface area contributed by atoms with Crippen LogP contribution in [0.5, 0.6) is 0 Å². The largest absolute Gasteiger partial charge is 0.381 e. The van der Waals surface area contributed by atoms with Crippen LogP contribution in [0.15, 0.2) is 12.4 Å². The smallest absolute Gasteiger partial charge is 0.224 e. The number of nitrogens with zero attached hydrogens (tertiary/aromatic N) is 2. The van der Waals surface area contributed by atoms with Gasteiger partial charge in [0, 0.05) is 32.3 Å². The van der Waals surface area contributed by atoms with Crippen LogP contribution in [0.25, 0.3) is 0 Å². The quantitative estimate of drug-likeness (QED) is 0.876. The van der Waals surface area contributed by atoms with E-state index in [0.717, 1.165) is 26.1 Å². The Morgan fingerprint density at radius 2 is 2.16 bits per heavy atom. The minimum atomic E-state index is -0.151. The first kappa shape index (κ1) is 13.7. The number of aromatic nitrogens is 2. The molecular weight excluding hydrogens is 246 g/mol. The number of Topliss-reactive ketones (excluding diaryl/α,β-unsaturated/α-hetero) is 1. The lowest BCUT2D eigenvalue weighted by atomic mass is 10.1. The van der Waals surface area contributed by atoms with Crippen molar-refractivity contribution >= 4 is 17.4 Å². The Labute approximate surface area is 112 Å².